The largest absolute Gasteiger partial charge is 0.444 e. The summed E-state index contributed by atoms with van der Waals surface area (Å²) in [5.74, 6) is 1.23. The van der Waals surface area contributed by atoms with Crippen LogP contribution in [0.5, 0.6) is 0 Å². The van der Waals surface area contributed by atoms with Crippen molar-refractivity contribution in [2.24, 2.45) is 11.8 Å². The lowest BCUT2D eigenvalue weighted by molar-refractivity contribution is -0.138. The van der Waals surface area contributed by atoms with E-state index in [1.807, 2.05) is 37.8 Å². The number of likely N-dealkylation sites (tertiary alicyclic amines) is 2. The number of nitrogens with one attached hydrogen (secondary N) is 1. The Labute approximate surface area is 236 Å². The summed E-state index contributed by atoms with van der Waals surface area (Å²) in [5.41, 5.74) is 1.18. The number of pyridine rings is 1. The highest BCUT2D eigenvalue weighted by Gasteiger charge is 2.31. The van der Waals surface area contributed by atoms with Crippen molar-refractivity contribution in [1.29, 1.82) is 0 Å². The lowest BCUT2D eigenvalue weighted by atomic mass is 9.88. The summed E-state index contributed by atoms with van der Waals surface area (Å²) in [6.45, 7) is 9.33. The third-order valence-electron chi connectivity index (χ3n) is 7.36. The number of ketones is 1. The van der Waals surface area contributed by atoms with E-state index in [2.05, 4.69) is 15.2 Å². The molecular weight excluding hydrogens is 516 g/mol. The van der Waals surface area contributed by atoms with Crippen molar-refractivity contribution in [2.45, 2.75) is 65.0 Å². The van der Waals surface area contributed by atoms with E-state index in [9.17, 15) is 14.4 Å². The van der Waals surface area contributed by atoms with E-state index in [0.717, 1.165) is 64.0 Å². The minimum atomic E-state index is -0.573. The van der Waals surface area contributed by atoms with Gasteiger partial charge in [0.2, 0.25) is 5.91 Å². The molecule has 8 nitrogen and oxygen atoms in total. The van der Waals surface area contributed by atoms with Gasteiger partial charge in [-0.25, -0.2) is 9.78 Å². The first-order chi connectivity index (χ1) is 18.6. The van der Waals surface area contributed by atoms with E-state index in [1.54, 1.807) is 30.5 Å². The van der Waals surface area contributed by atoms with Crippen LogP contribution in [0.3, 0.4) is 0 Å². The van der Waals surface area contributed by atoms with Crippen molar-refractivity contribution < 1.29 is 19.1 Å². The number of halogens is 1. The Morgan fingerprint density at radius 2 is 1.67 bits per heavy atom. The summed E-state index contributed by atoms with van der Waals surface area (Å²) in [6, 6.07) is 10.9. The van der Waals surface area contributed by atoms with Crippen LogP contribution in [-0.2, 0) is 16.1 Å². The molecule has 1 aromatic carbocycles. The molecule has 2 saturated heterocycles. The maximum Gasteiger partial charge on any atom is 0.413 e. The second-order valence-corrected chi connectivity index (χ2v) is 12.1. The van der Waals surface area contributed by atoms with Gasteiger partial charge in [-0.1, -0.05) is 11.6 Å². The molecule has 0 radical (unpaired) electrons. The van der Waals surface area contributed by atoms with Crippen molar-refractivity contribution in [2.75, 3.05) is 31.5 Å². The van der Waals surface area contributed by atoms with E-state index < -0.39 is 11.7 Å². The smallest absolute Gasteiger partial charge is 0.413 e. The first-order valence-corrected chi connectivity index (χ1v) is 14.2. The molecule has 0 saturated carbocycles. The first-order valence-electron chi connectivity index (χ1n) is 13.8. The third kappa shape index (κ3) is 8.77. The van der Waals surface area contributed by atoms with E-state index in [4.69, 9.17) is 16.3 Å². The SMILES string of the molecule is CC(C)(C)OC(=O)Nc1cc(CN2CCC(C(=O)N3CCC(CC(=O)c4ccc(Cl)cc4)CC3)CC2)ccn1. The fraction of sp³-hybridized carbons (Fsp3) is 0.533. The van der Waals surface area contributed by atoms with Gasteiger partial charge in [0.05, 0.1) is 0 Å². The average Bonchev–Trinajstić information content (AvgIpc) is 2.88. The Morgan fingerprint density at radius 3 is 2.31 bits per heavy atom. The van der Waals surface area contributed by atoms with Crippen molar-refractivity contribution in [3.8, 4) is 0 Å². The van der Waals surface area contributed by atoms with Crippen molar-refractivity contribution in [3.63, 3.8) is 0 Å². The standard InChI is InChI=1S/C30H39ClN4O4/c1-30(2,3)39-29(38)33-27-19-22(8-13-32-27)20-34-14-11-24(12-15-34)28(37)35-16-9-21(10-17-35)18-26(36)23-4-6-25(31)7-5-23/h4-8,13,19,21,24H,9-12,14-18,20H2,1-3H3,(H,32,33,38). The molecule has 2 aliphatic heterocycles. The summed E-state index contributed by atoms with van der Waals surface area (Å²) in [7, 11) is 0. The van der Waals surface area contributed by atoms with Crippen LogP contribution >= 0.6 is 11.6 Å². The fourth-order valence-electron chi connectivity index (χ4n) is 5.28. The molecule has 210 valence electrons. The summed E-state index contributed by atoms with van der Waals surface area (Å²) in [6.07, 6.45) is 5.08. The summed E-state index contributed by atoms with van der Waals surface area (Å²) >= 11 is 5.93. The first kappa shape index (κ1) is 29.0. The van der Waals surface area contributed by atoms with E-state index >= 15 is 0 Å². The molecule has 0 bridgehead atoms. The number of anilines is 1. The Bertz CT molecular complexity index is 1150. The molecule has 0 atom stereocenters. The molecule has 0 aliphatic carbocycles. The molecule has 1 aromatic heterocycles. The molecule has 2 aromatic rings. The molecule has 0 unspecified atom stereocenters. The molecule has 4 rings (SSSR count). The summed E-state index contributed by atoms with van der Waals surface area (Å²) < 4.78 is 5.30. The van der Waals surface area contributed by atoms with E-state index in [1.165, 1.54) is 0 Å². The van der Waals surface area contributed by atoms with Crippen LogP contribution < -0.4 is 5.32 Å². The monoisotopic (exact) mass is 554 g/mol. The number of carbonyl (C=O) groups excluding carboxylic acids is 3. The molecule has 2 fully saturated rings. The predicted octanol–water partition coefficient (Wildman–Crippen LogP) is 5.81. The van der Waals surface area contributed by atoms with Crippen LogP contribution in [0, 0.1) is 11.8 Å². The lowest BCUT2D eigenvalue weighted by Gasteiger charge is -2.37. The average molecular weight is 555 g/mol. The van der Waals surface area contributed by atoms with Gasteiger partial charge in [0.15, 0.2) is 5.78 Å². The second kappa shape index (κ2) is 12.9. The highest BCUT2D eigenvalue weighted by Crippen LogP contribution is 2.27. The number of amides is 2. The zero-order valence-electron chi connectivity index (χ0n) is 23.1. The number of nitrogens with zero attached hydrogens (tertiary/aromatic N) is 3. The minimum Gasteiger partial charge on any atom is -0.444 e. The molecule has 9 heteroatoms. The number of Topliss-reactive ketones (excluding diaryl/α,β-unsaturated/α-hetero) is 1. The van der Waals surface area contributed by atoms with E-state index in [0.29, 0.717) is 28.7 Å². The molecule has 1 N–H and O–H groups in total. The molecule has 2 aliphatic rings. The zero-order valence-corrected chi connectivity index (χ0v) is 23.9. The maximum absolute atomic E-state index is 13.2. The van der Waals surface area contributed by atoms with Crippen LogP contribution in [0.1, 0.15) is 68.8 Å². The summed E-state index contributed by atoms with van der Waals surface area (Å²) in [4.78, 5) is 46.4. The molecular formula is C30H39ClN4O4. The molecule has 0 spiro atoms. The zero-order chi connectivity index (χ0) is 28.0. The van der Waals surface area contributed by atoms with Gasteiger partial charge >= 0.3 is 6.09 Å². The van der Waals surface area contributed by atoms with Gasteiger partial charge in [0.25, 0.3) is 0 Å². The highest BCUT2D eigenvalue weighted by molar-refractivity contribution is 6.30. The number of ether oxygens (including phenoxy) is 1. The van der Waals surface area contributed by atoms with Gasteiger partial charge in [-0.2, -0.15) is 0 Å². The Hall–Kier alpha value is -2.97. The third-order valence-corrected chi connectivity index (χ3v) is 7.61. The molecule has 39 heavy (non-hydrogen) atoms. The number of aromatic nitrogens is 1. The number of rotatable bonds is 7. The summed E-state index contributed by atoms with van der Waals surface area (Å²) in [5, 5.41) is 3.32. The maximum atomic E-state index is 13.2. The van der Waals surface area contributed by atoms with E-state index in [-0.39, 0.29) is 17.6 Å². The Morgan fingerprint density at radius 1 is 1.00 bits per heavy atom. The Kier molecular flexibility index (Phi) is 9.62. The minimum absolute atomic E-state index is 0.0512. The van der Waals surface area contributed by atoms with Gasteiger partial charge in [-0.05, 0) is 107 Å². The highest BCUT2D eigenvalue weighted by atomic mass is 35.5. The van der Waals surface area contributed by atoms with Crippen LogP contribution in [0.15, 0.2) is 42.6 Å². The second-order valence-electron chi connectivity index (χ2n) is 11.6. The van der Waals surface area contributed by atoms with Crippen LogP contribution in [0.2, 0.25) is 5.02 Å². The normalized spacial score (nSPS) is 17.6. The van der Waals surface area contributed by atoms with Gasteiger partial charge in [-0.3, -0.25) is 19.8 Å². The number of hydrogen-bond donors (Lipinski definition) is 1. The lowest BCUT2D eigenvalue weighted by Crippen LogP contribution is -2.45. The number of benzene rings is 1. The van der Waals surface area contributed by atoms with Crippen molar-refractivity contribution >= 4 is 35.2 Å². The van der Waals surface area contributed by atoms with Gasteiger partial charge in [-0.15, -0.1) is 0 Å². The Balaban J connectivity index is 1.19. The fourth-order valence-corrected chi connectivity index (χ4v) is 5.40. The van der Waals surface area contributed by atoms with Crippen LogP contribution in [-0.4, -0.2) is 64.3 Å². The van der Waals surface area contributed by atoms with Gasteiger partial charge < -0.3 is 9.64 Å². The van der Waals surface area contributed by atoms with Gasteiger partial charge in [0, 0.05) is 48.8 Å². The topological polar surface area (TPSA) is 91.8 Å². The predicted molar refractivity (Wildman–Crippen MR) is 152 cm³/mol. The number of carbonyl (C=O) groups is 3. The molecule has 2 amide bonds. The quantitative estimate of drug-likeness (QED) is 0.434. The number of hydrogen-bond acceptors (Lipinski definition) is 6. The van der Waals surface area contributed by atoms with Gasteiger partial charge in [0.1, 0.15) is 11.4 Å². The van der Waals surface area contributed by atoms with Crippen molar-refractivity contribution in [1.82, 2.24) is 14.8 Å². The van der Waals surface area contributed by atoms with Crippen LogP contribution in [0.25, 0.3) is 0 Å². The number of piperidine rings is 2. The van der Waals surface area contributed by atoms with Crippen LogP contribution in [0.4, 0.5) is 10.6 Å². The molecule has 3 heterocycles. The van der Waals surface area contributed by atoms with Crippen molar-refractivity contribution in [3.05, 3.63) is 58.7 Å².